The maximum atomic E-state index is 11.3. The number of aromatic nitrogens is 2. The fraction of sp³-hybridized carbons (Fsp3) is 0.444. The van der Waals surface area contributed by atoms with Gasteiger partial charge in [-0.2, -0.15) is 0 Å². The summed E-state index contributed by atoms with van der Waals surface area (Å²) in [5.74, 6) is 0.480. The fourth-order valence-electron chi connectivity index (χ4n) is 3.22. The van der Waals surface area contributed by atoms with Crippen molar-refractivity contribution in [3.63, 3.8) is 0 Å². The van der Waals surface area contributed by atoms with E-state index in [1.165, 1.54) is 37.4 Å². The quantitative estimate of drug-likeness (QED) is 0.765. The lowest BCUT2D eigenvalue weighted by atomic mass is 10.2. The molecule has 4 rings (SSSR count). The van der Waals surface area contributed by atoms with Crippen molar-refractivity contribution in [2.45, 2.75) is 38.6 Å². The lowest BCUT2D eigenvalue weighted by Gasteiger charge is -2.26. The molecule has 3 heterocycles. The van der Waals surface area contributed by atoms with Crippen LogP contribution < -0.4 is 16.4 Å². The van der Waals surface area contributed by atoms with E-state index in [1.54, 1.807) is 6.20 Å². The molecule has 6 nitrogen and oxygen atoms in total. The van der Waals surface area contributed by atoms with Crippen molar-refractivity contribution in [1.82, 2.24) is 9.97 Å². The van der Waals surface area contributed by atoms with Gasteiger partial charge in [0.05, 0.1) is 10.6 Å². The van der Waals surface area contributed by atoms with Crippen molar-refractivity contribution in [2.75, 3.05) is 17.2 Å². The topological polar surface area (TPSA) is 101 Å². The van der Waals surface area contributed by atoms with Crippen molar-refractivity contribution in [2.24, 2.45) is 11.5 Å². The molecule has 0 atom stereocenters. The summed E-state index contributed by atoms with van der Waals surface area (Å²) in [6.45, 7) is 2.90. The standard InChI is InChI=1S/C13H14N4OS.C5H11N/c1-8-6-16-13-11(8)9(2-3-15-13)17-4-5-19-10(7-17)12(14)18;6-5-3-1-2-4-5/h2-3,6-7H,4-5H2,1H3,(H2,14,18)(H,15,16);5H,1-4,6H2. The number of aryl methyl sites for hydroxylation is 1. The van der Waals surface area contributed by atoms with Crippen molar-refractivity contribution in [3.05, 3.63) is 35.1 Å². The second-order valence-electron chi connectivity index (χ2n) is 6.47. The van der Waals surface area contributed by atoms with Crippen molar-refractivity contribution < 1.29 is 4.79 Å². The first-order valence-corrected chi connectivity index (χ1v) is 9.64. The third-order valence-electron chi connectivity index (χ3n) is 4.56. The summed E-state index contributed by atoms with van der Waals surface area (Å²) in [6.07, 6.45) is 10.8. The van der Waals surface area contributed by atoms with Gasteiger partial charge in [0.15, 0.2) is 0 Å². The minimum absolute atomic E-state index is 0.370. The van der Waals surface area contributed by atoms with Crippen LogP contribution >= 0.6 is 11.8 Å². The van der Waals surface area contributed by atoms with E-state index < -0.39 is 0 Å². The summed E-state index contributed by atoms with van der Waals surface area (Å²) in [4.78, 5) is 21.4. The second kappa shape index (κ2) is 7.93. The first-order chi connectivity index (χ1) is 12.1. The third kappa shape index (κ3) is 4.16. The number of pyridine rings is 1. The smallest absolute Gasteiger partial charge is 0.256 e. The van der Waals surface area contributed by atoms with Crippen LogP contribution in [0.3, 0.4) is 0 Å². The molecule has 0 radical (unpaired) electrons. The zero-order valence-corrected chi connectivity index (χ0v) is 15.3. The Labute approximate surface area is 152 Å². The number of primary amides is 1. The highest BCUT2D eigenvalue weighted by Gasteiger charge is 2.18. The van der Waals surface area contributed by atoms with Crippen LogP contribution in [0.25, 0.3) is 11.0 Å². The van der Waals surface area contributed by atoms with Gasteiger partial charge in [-0.15, -0.1) is 11.8 Å². The van der Waals surface area contributed by atoms with Gasteiger partial charge < -0.3 is 21.4 Å². The average Bonchev–Trinajstić information content (AvgIpc) is 3.25. The van der Waals surface area contributed by atoms with E-state index >= 15 is 0 Å². The number of hydrogen-bond acceptors (Lipinski definition) is 5. The van der Waals surface area contributed by atoms with Crippen molar-refractivity contribution in [1.29, 1.82) is 0 Å². The molecule has 2 aromatic rings. The number of anilines is 1. The summed E-state index contributed by atoms with van der Waals surface area (Å²) in [7, 11) is 0. The average molecular weight is 359 g/mol. The molecule has 25 heavy (non-hydrogen) atoms. The van der Waals surface area contributed by atoms with Gasteiger partial charge in [0, 0.05) is 42.3 Å². The first-order valence-electron chi connectivity index (χ1n) is 8.65. The number of fused-ring (bicyclic) bond motifs is 1. The Morgan fingerprint density at radius 2 is 2.16 bits per heavy atom. The molecule has 134 valence electrons. The molecule has 0 bridgehead atoms. The van der Waals surface area contributed by atoms with Crippen molar-refractivity contribution in [3.8, 4) is 0 Å². The summed E-state index contributed by atoms with van der Waals surface area (Å²) >= 11 is 1.50. The highest BCUT2D eigenvalue weighted by Crippen LogP contribution is 2.32. The summed E-state index contributed by atoms with van der Waals surface area (Å²) in [5, 5.41) is 1.09. The normalized spacial score (nSPS) is 18.0. The highest BCUT2D eigenvalue weighted by molar-refractivity contribution is 8.04. The molecule has 5 N–H and O–H groups in total. The number of aromatic amines is 1. The molecule has 1 fully saturated rings. The predicted octanol–water partition coefficient (Wildman–Crippen LogP) is 2.64. The molecule has 2 aromatic heterocycles. The molecule has 1 amide bonds. The van der Waals surface area contributed by atoms with Gasteiger partial charge in [0.1, 0.15) is 5.65 Å². The molecule has 7 heteroatoms. The van der Waals surface area contributed by atoms with Crippen LogP contribution in [0.5, 0.6) is 0 Å². The minimum Gasteiger partial charge on any atom is -0.365 e. The SMILES string of the molecule is Cc1c[nH]c2nccc(N3C=C(C(N)=O)SCC3)c12.NC1CCCC1. The van der Waals surface area contributed by atoms with Crippen LogP contribution in [-0.4, -0.2) is 34.2 Å². The van der Waals surface area contributed by atoms with Gasteiger partial charge in [-0.1, -0.05) is 12.8 Å². The maximum absolute atomic E-state index is 11.3. The lowest BCUT2D eigenvalue weighted by molar-refractivity contribution is -0.113. The number of nitrogens with one attached hydrogen (secondary N) is 1. The first kappa shape index (κ1) is 17.8. The Kier molecular flexibility index (Phi) is 5.65. The minimum atomic E-state index is -0.370. The summed E-state index contributed by atoms with van der Waals surface area (Å²) in [6, 6.07) is 2.51. The highest BCUT2D eigenvalue weighted by atomic mass is 32.2. The van der Waals surface area contributed by atoms with Crippen LogP contribution in [0.2, 0.25) is 0 Å². The zero-order valence-electron chi connectivity index (χ0n) is 14.5. The Bertz CT molecular complexity index is 779. The number of amides is 1. The number of rotatable bonds is 2. The van der Waals surface area contributed by atoms with Crippen LogP contribution in [0.1, 0.15) is 31.2 Å². The van der Waals surface area contributed by atoms with E-state index in [9.17, 15) is 4.79 Å². The van der Waals surface area contributed by atoms with E-state index in [0.29, 0.717) is 10.9 Å². The number of H-pyrrole nitrogens is 1. The number of thioether (sulfide) groups is 1. The van der Waals surface area contributed by atoms with Gasteiger partial charge in [-0.25, -0.2) is 4.98 Å². The van der Waals surface area contributed by atoms with E-state index in [2.05, 4.69) is 14.9 Å². The number of nitrogens with two attached hydrogens (primary N) is 2. The van der Waals surface area contributed by atoms with Gasteiger partial charge in [0.25, 0.3) is 5.91 Å². The molecule has 0 unspecified atom stereocenters. The van der Waals surface area contributed by atoms with Crippen LogP contribution in [-0.2, 0) is 4.79 Å². The Morgan fingerprint density at radius 3 is 2.80 bits per heavy atom. The molecule has 0 aromatic carbocycles. The molecule has 2 aliphatic rings. The molecule has 1 aliphatic carbocycles. The van der Waals surface area contributed by atoms with E-state index in [4.69, 9.17) is 11.5 Å². The van der Waals surface area contributed by atoms with Gasteiger partial charge in [0.2, 0.25) is 0 Å². The Balaban J connectivity index is 0.000000258. The van der Waals surface area contributed by atoms with E-state index in [0.717, 1.165) is 34.6 Å². The van der Waals surface area contributed by atoms with E-state index in [-0.39, 0.29) is 5.91 Å². The second-order valence-corrected chi connectivity index (χ2v) is 7.61. The molecule has 1 aliphatic heterocycles. The van der Waals surface area contributed by atoms with Gasteiger partial charge in [-0.05, 0) is 31.4 Å². The molecular formula is C18H25N5OS. The molecule has 1 saturated carbocycles. The number of carbonyl (C=O) groups excluding carboxylic acids is 1. The largest absolute Gasteiger partial charge is 0.365 e. The fourth-order valence-corrected chi connectivity index (χ4v) is 4.07. The van der Waals surface area contributed by atoms with E-state index in [1.807, 2.05) is 25.4 Å². The van der Waals surface area contributed by atoms with Crippen LogP contribution in [0, 0.1) is 6.92 Å². The van der Waals surface area contributed by atoms with Gasteiger partial charge >= 0.3 is 0 Å². The Hall–Kier alpha value is -1.99. The summed E-state index contributed by atoms with van der Waals surface area (Å²) in [5.41, 5.74) is 14.0. The molecular weight excluding hydrogens is 334 g/mol. The lowest BCUT2D eigenvalue weighted by Crippen LogP contribution is -2.27. The third-order valence-corrected chi connectivity index (χ3v) is 5.57. The number of hydrogen-bond donors (Lipinski definition) is 3. The van der Waals surface area contributed by atoms with Crippen LogP contribution in [0.4, 0.5) is 5.69 Å². The molecule has 0 spiro atoms. The zero-order chi connectivity index (χ0) is 17.8. The van der Waals surface area contributed by atoms with Crippen molar-refractivity contribution >= 4 is 34.4 Å². The summed E-state index contributed by atoms with van der Waals surface area (Å²) < 4.78 is 0. The monoisotopic (exact) mass is 359 g/mol. The van der Waals surface area contributed by atoms with Gasteiger partial charge in [-0.3, -0.25) is 4.79 Å². The maximum Gasteiger partial charge on any atom is 0.256 e. The number of carbonyl (C=O) groups is 1. The van der Waals surface area contributed by atoms with Crippen LogP contribution in [0.15, 0.2) is 29.6 Å². The number of nitrogens with zero attached hydrogens (tertiary/aromatic N) is 2. The Morgan fingerprint density at radius 1 is 1.40 bits per heavy atom. The molecule has 0 saturated heterocycles. The predicted molar refractivity (Wildman–Crippen MR) is 104 cm³/mol.